The van der Waals surface area contributed by atoms with Crippen LogP contribution in [0, 0.1) is 0 Å². The molecular weight excluding hydrogens is 517 g/mol. The van der Waals surface area contributed by atoms with Gasteiger partial charge in [-0.2, -0.15) is 5.10 Å². The molecule has 0 spiro atoms. The highest BCUT2D eigenvalue weighted by Gasteiger charge is 2.06. The van der Waals surface area contributed by atoms with Gasteiger partial charge in [0.2, 0.25) is 0 Å². The molecule has 0 aliphatic rings. The van der Waals surface area contributed by atoms with Crippen molar-refractivity contribution in [1.29, 1.82) is 0 Å². The molecule has 0 aliphatic heterocycles. The summed E-state index contributed by atoms with van der Waals surface area (Å²) in [6.07, 6.45) is 5.64. The smallest absolute Gasteiger partial charge is 0.191 e. The zero-order valence-electron chi connectivity index (χ0n) is 18.9. The second-order valence-corrected chi connectivity index (χ2v) is 6.99. The van der Waals surface area contributed by atoms with Crippen LogP contribution in [-0.4, -0.2) is 43.0 Å². The van der Waals surface area contributed by atoms with Gasteiger partial charge in [0.1, 0.15) is 0 Å². The Morgan fingerprint density at radius 1 is 1.06 bits per heavy atom. The Bertz CT molecular complexity index is 959. The molecule has 0 bridgehead atoms. The number of nitrogens with zero attached hydrogens (tertiary/aromatic N) is 3. The largest absolute Gasteiger partial charge is 0.493 e. The van der Waals surface area contributed by atoms with Gasteiger partial charge in [-0.15, -0.1) is 24.0 Å². The predicted molar refractivity (Wildman–Crippen MR) is 140 cm³/mol. The van der Waals surface area contributed by atoms with Gasteiger partial charge in [0, 0.05) is 32.5 Å². The molecule has 0 unspecified atom stereocenters. The van der Waals surface area contributed by atoms with Crippen LogP contribution in [0.2, 0.25) is 0 Å². The average molecular weight is 549 g/mol. The molecule has 7 nitrogen and oxygen atoms in total. The minimum atomic E-state index is 0. The lowest BCUT2D eigenvalue weighted by Crippen LogP contribution is -2.37. The van der Waals surface area contributed by atoms with E-state index < -0.39 is 0 Å². The Balaban J connectivity index is 0.00000363. The summed E-state index contributed by atoms with van der Waals surface area (Å²) in [6, 6.07) is 16.3. The quantitative estimate of drug-likeness (QED) is 0.172. The fraction of sp³-hybridized carbons (Fsp3) is 0.333. The van der Waals surface area contributed by atoms with Crippen LogP contribution in [0.15, 0.2) is 65.9 Å². The fourth-order valence-corrected chi connectivity index (χ4v) is 3.24. The molecule has 0 saturated carbocycles. The van der Waals surface area contributed by atoms with E-state index in [1.807, 2.05) is 29.9 Å². The summed E-state index contributed by atoms with van der Waals surface area (Å²) in [5, 5.41) is 11.0. The van der Waals surface area contributed by atoms with Crippen LogP contribution in [0.3, 0.4) is 0 Å². The van der Waals surface area contributed by atoms with Crippen molar-refractivity contribution in [2.75, 3.05) is 27.3 Å². The van der Waals surface area contributed by atoms with Crippen LogP contribution >= 0.6 is 24.0 Å². The lowest BCUT2D eigenvalue weighted by molar-refractivity contribution is 0.310. The van der Waals surface area contributed by atoms with Crippen LogP contribution in [0.4, 0.5) is 0 Å². The summed E-state index contributed by atoms with van der Waals surface area (Å²) in [4.78, 5) is 4.31. The van der Waals surface area contributed by atoms with Gasteiger partial charge in [0.25, 0.3) is 0 Å². The zero-order valence-corrected chi connectivity index (χ0v) is 21.2. The summed E-state index contributed by atoms with van der Waals surface area (Å²) >= 11 is 0. The van der Waals surface area contributed by atoms with Crippen LogP contribution in [0.5, 0.6) is 11.5 Å². The van der Waals surface area contributed by atoms with E-state index in [0.717, 1.165) is 42.5 Å². The van der Waals surface area contributed by atoms with E-state index in [-0.39, 0.29) is 24.0 Å². The number of guanidine groups is 1. The Morgan fingerprint density at radius 3 is 2.50 bits per heavy atom. The molecule has 1 aromatic heterocycles. The van der Waals surface area contributed by atoms with Gasteiger partial charge in [-0.05, 0) is 61.2 Å². The highest BCUT2D eigenvalue weighted by Crippen LogP contribution is 2.28. The summed E-state index contributed by atoms with van der Waals surface area (Å²) in [7, 11) is 3.45. The first-order chi connectivity index (χ1) is 15.2. The number of methoxy groups -OCH3 is 1. The lowest BCUT2D eigenvalue weighted by Gasteiger charge is -2.13. The molecule has 0 saturated heterocycles. The standard InChI is InChI=1S/C24H31N5O2.HI/c1-4-31-23-17-19(10-13-22(23)30-3)7-5-14-26-24(25-2)27-18-20-8-11-21(12-9-20)29-16-6-15-28-29;/h6,8-13,15-17H,4-5,7,14,18H2,1-3H3,(H2,25,26,27);1H. The number of aryl methyl sites for hydroxylation is 1. The number of nitrogens with one attached hydrogen (secondary N) is 2. The number of halogens is 1. The molecule has 0 radical (unpaired) electrons. The second kappa shape index (κ2) is 13.6. The van der Waals surface area contributed by atoms with Crippen LogP contribution < -0.4 is 20.1 Å². The number of aliphatic imine (C=N–C) groups is 1. The molecule has 0 amide bonds. The molecular formula is C24H32IN5O2. The topological polar surface area (TPSA) is 72.7 Å². The molecule has 3 aromatic rings. The van der Waals surface area contributed by atoms with Crippen molar-refractivity contribution in [3.8, 4) is 17.2 Å². The molecule has 32 heavy (non-hydrogen) atoms. The normalized spacial score (nSPS) is 10.9. The molecule has 0 aliphatic carbocycles. The first kappa shape index (κ1) is 25.5. The SMILES string of the molecule is CCOc1cc(CCCNC(=NC)NCc2ccc(-n3cccn3)cc2)ccc1OC.I. The molecule has 8 heteroatoms. The highest BCUT2D eigenvalue weighted by atomic mass is 127. The maximum Gasteiger partial charge on any atom is 0.191 e. The highest BCUT2D eigenvalue weighted by molar-refractivity contribution is 14.0. The lowest BCUT2D eigenvalue weighted by atomic mass is 10.1. The number of rotatable bonds is 10. The third kappa shape index (κ3) is 7.44. The van der Waals surface area contributed by atoms with E-state index in [1.165, 1.54) is 11.1 Å². The van der Waals surface area contributed by atoms with Gasteiger partial charge in [0.05, 0.1) is 19.4 Å². The number of hydrogen-bond donors (Lipinski definition) is 2. The van der Waals surface area contributed by atoms with Crippen molar-refractivity contribution >= 4 is 29.9 Å². The van der Waals surface area contributed by atoms with Crippen LogP contribution in [0.25, 0.3) is 5.69 Å². The number of hydrogen-bond acceptors (Lipinski definition) is 4. The maximum atomic E-state index is 5.66. The number of benzene rings is 2. The van der Waals surface area contributed by atoms with Crippen LogP contribution in [-0.2, 0) is 13.0 Å². The predicted octanol–water partition coefficient (Wildman–Crippen LogP) is 4.20. The van der Waals surface area contributed by atoms with E-state index in [9.17, 15) is 0 Å². The van der Waals surface area contributed by atoms with Crippen LogP contribution in [0.1, 0.15) is 24.5 Å². The maximum absolute atomic E-state index is 5.66. The summed E-state index contributed by atoms with van der Waals surface area (Å²) in [6.45, 7) is 4.13. The number of ether oxygens (including phenoxy) is 2. The Morgan fingerprint density at radius 2 is 1.84 bits per heavy atom. The van der Waals surface area contributed by atoms with Gasteiger partial charge in [0.15, 0.2) is 17.5 Å². The zero-order chi connectivity index (χ0) is 21.9. The summed E-state index contributed by atoms with van der Waals surface area (Å²) < 4.78 is 12.9. The van der Waals surface area contributed by atoms with E-state index in [2.05, 4.69) is 57.1 Å². The minimum absolute atomic E-state index is 0. The van der Waals surface area contributed by atoms with Crippen molar-refractivity contribution in [1.82, 2.24) is 20.4 Å². The van der Waals surface area contributed by atoms with Crippen molar-refractivity contribution < 1.29 is 9.47 Å². The molecule has 2 N–H and O–H groups in total. The second-order valence-electron chi connectivity index (χ2n) is 6.99. The minimum Gasteiger partial charge on any atom is -0.493 e. The van der Waals surface area contributed by atoms with Gasteiger partial charge in [-0.25, -0.2) is 4.68 Å². The van der Waals surface area contributed by atoms with Crippen molar-refractivity contribution in [3.63, 3.8) is 0 Å². The molecule has 2 aromatic carbocycles. The molecule has 1 heterocycles. The first-order valence-electron chi connectivity index (χ1n) is 10.6. The van der Waals surface area contributed by atoms with Gasteiger partial charge < -0.3 is 20.1 Å². The summed E-state index contributed by atoms with van der Waals surface area (Å²) in [5.74, 6) is 2.36. The van der Waals surface area contributed by atoms with Crippen molar-refractivity contribution in [2.24, 2.45) is 4.99 Å². The molecule has 3 rings (SSSR count). The van der Waals surface area contributed by atoms with Gasteiger partial charge in [-0.3, -0.25) is 4.99 Å². The third-order valence-corrected chi connectivity index (χ3v) is 4.85. The van der Waals surface area contributed by atoms with E-state index in [0.29, 0.717) is 13.2 Å². The Kier molecular flexibility index (Phi) is 10.9. The van der Waals surface area contributed by atoms with Gasteiger partial charge >= 0.3 is 0 Å². The molecule has 0 fully saturated rings. The van der Waals surface area contributed by atoms with E-state index in [1.54, 1.807) is 20.4 Å². The van der Waals surface area contributed by atoms with E-state index >= 15 is 0 Å². The first-order valence-corrected chi connectivity index (χ1v) is 10.6. The Hall–Kier alpha value is -2.75. The molecule has 172 valence electrons. The average Bonchev–Trinajstić information content (AvgIpc) is 3.34. The van der Waals surface area contributed by atoms with Crippen molar-refractivity contribution in [2.45, 2.75) is 26.3 Å². The van der Waals surface area contributed by atoms with Gasteiger partial charge in [-0.1, -0.05) is 18.2 Å². The van der Waals surface area contributed by atoms with Crippen molar-refractivity contribution in [3.05, 3.63) is 72.1 Å². The summed E-state index contributed by atoms with van der Waals surface area (Å²) in [5.41, 5.74) is 3.45. The number of aromatic nitrogens is 2. The molecule has 0 atom stereocenters. The Labute approximate surface area is 207 Å². The third-order valence-electron chi connectivity index (χ3n) is 4.85. The van der Waals surface area contributed by atoms with E-state index in [4.69, 9.17) is 9.47 Å². The monoisotopic (exact) mass is 549 g/mol. The fourth-order valence-electron chi connectivity index (χ4n) is 3.24.